The van der Waals surface area contributed by atoms with Gasteiger partial charge in [0.05, 0.1) is 0 Å². The van der Waals surface area contributed by atoms with Crippen LogP contribution in [0.2, 0.25) is 0 Å². The van der Waals surface area contributed by atoms with E-state index in [-0.39, 0.29) is 23.8 Å². The van der Waals surface area contributed by atoms with Crippen molar-refractivity contribution in [3.05, 3.63) is 35.6 Å². The molecule has 0 aliphatic heterocycles. The van der Waals surface area contributed by atoms with Gasteiger partial charge in [-0.15, -0.1) is 0 Å². The summed E-state index contributed by atoms with van der Waals surface area (Å²) < 4.78 is 12.9. The van der Waals surface area contributed by atoms with Crippen molar-refractivity contribution in [2.24, 2.45) is 0 Å². The molecule has 0 radical (unpaired) electrons. The quantitative estimate of drug-likeness (QED) is 0.768. The molecule has 0 aromatic heterocycles. The minimum Gasteiger partial charge on any atom is -0.354 e. The number of carbonyl (C=O) groups is 1. The molecule has 0 aliphatic rings. The largest absolute Gasteiger partial charge is 0.354 e. The highest BCUT2D eigenvalue weighted by Crippen LogP contribution is 2.16. The lowest BCUT2D eigenvalue weighted by Gasteiger charge is -2.18. The molecule has 1 rings (SSSR count). The van der Waals surface area contributed by atoms with E-state index in [9.17, 15) is 9.18 Å². The van der Waals surface area contributed by atoms with Gasteiger partial charge in [-0.05, 0) is 37.5 Å². The maximum Gasteiger partial charge on any atom is 0.221 e. The van der Waals surface area contributed by atoms with E-state index in [2.05, 4.69) is 17.6 Å². The summed E-state index contributed by atoms with van der Waals surface area (Å²) in [5.41, 5.74) is 1.05. The first-order chi connectivity index (χ1) is 9.56. The van der Waals surface area contributed by atoms with E-state index in [4.69, 9.17) is 0 Å². The molecule has 0 heterocycles. The highest BCUT2D eigenvalue weighted by atomic mass is 19.1. The van der Waals surface area contributed by atoms with Crippen molar-refractivity contribution >= 4 is 5.91 Å². The van der Waals surface area contributed by atoms with Crippen LogP contribution in [0.1, 0.15) is 51.6 Å². The van der Waals surface area contributed by atoms with Crippen LogP contribution < -0.4 is 10.6 Å². The molecule has 112 valence electrons. The zero-order valence-electron chi connectivity index (χ0n) is 12.6. The molecule has 0 saturated carbocycles. The van der Waals surface area contributed by atoms with Crippen LogP contribution in [0.15, 0.2) is 24.3 Å². The summed E-state index contributed by atoms with van der Waals surface area (Å²) in [5.74, 6) is -0.155. The summed E-state index contributed by atoms with van der Waals surface area (Å²) in [4.78, 5) is 11.7. The molecule has 0 aliphatic carbocycles. The number of hydrogen-bond acceptors (Lipinski definition) is 2. The van der Waals surface area contributed by atoms with E-state index >= 15 is 0 Å². The van der Waals surface area contributed by atoms with E-state index in [0.29, 0.717) is 13.0 Å². The molecule has 3 nitrogen and oxygen atoms in total. The molecule has 20 heavy (non-hydrogen) atoms. The van der Waals surface area contributed by atoms with Gasteiger partial charge in [0.1, 0.15) is 5.82 Å². The molecule has 0 spiro atoms. The Morgan fingerprint density at radius 1 is 1.20 bits per heavy atom. The van der Waals surface area contributed by atoms with Gasteiger partial charge in [-0.2, -0.15) is 0 Å². The van der Waals surface area contributed by atoms with E-state index < -0.39 is 0 Å². The fourth-order valence-corrected chi connectivity index (χ4v) is 2.00. The van der Waals surface area contributed by atoms with Gasteiger partial charge in [0.15, 0.2) is 0 Å². The van der Waals surface area contributed by atoms with Crippen molar-refractivity contribution in [3.8, 4) is 0 Å². The molecule has 0 bridgehead atoms. The monoisotopic (exact) mass is 280 g/mol. The summed E-state index contributed by atoms with van der Waals surface area (Å²) in [6.07, 6.45) is 2.30. The molecule has 0 saturated heterocycles. The second-order valence-corrected chi connectivity index (χ2v) is 5.09. The molecule has 1 aromatic rings. The Labute approximate surface area is 121 Å². The van der Waals surface area contributed by atoms with Crippen LogP contribution in [0.4, 0.5) is 4.39 Å². The van der Waals surface area contributed by atoms with Crippen LogP contribution in [0.25, 0.3) is 0 Å². The lowest BCUT2D eigenvalue weighted by molar-refractivity contribution is -0.121. The van der Waals surface area contributed by atoms with Crippen LogP contribution >= 0.6 is 0 Å². The van der Waals surface area contributed by atoms with Gasteiger partial charge in [0, 0.05) is 25.0 Å². The zero-order chi connectivity index (χ0) is 15.0. The molecule has 1 amide bonds. The second kappa shape index (κ2) is 8.69. The van der Waals surface area contributed by atoms with Crippen molar-refractivity contribution in [1.29, 1.82) is 0 Å². The van der Waals surface area contributed by atoms with Crippen LogP contribution in [0, 0.1) is 5.82 Å². The minimum absolute atomic E-state index is 0.0702. The van der Waals surface area contributed by atoms with Gasteiger partial charge >= 0.3 is 0 Å². The minimum atomic E-state index is -0.225. The lowest BCUT2D eigenvalue weighted by Crippen LogP contribution is -2.34. The third-order valence-corrected chi connectivity index (χ3v) is 3.44. The van der Waals surface area contributed by atoms with Crippen LogP contribution in [-0.2, 0) is 4.79 Å². The molecule has 2 unspecified atom stereocenters. The number of hydrogen-bond donors (Lipinski definition) is 2. The first-order valence-corrected chi connectivity index (χ1v) is 7.35. The van der Waals surface area contributed by atoms with Crippen molar-refractivity contribution in [2.75, 3.05) is 6.54 Å². The number of amides is 1. The summed E-state index contributed by atoms with van der Waals surface area (Å²) in [5, 5.41) is 6.28. The Bertz CT molecular complexity index is 405. The normalized spacial score (nSPS) is 13.8. The van der Waals surface area contributed by atoms with Gasteiger partial charge in [-0.3, -0.25) is 4.79 Å². The van der Waals surface area contributed by atoms with E-state index in [1.54, 1.807) is 12.1 Å². The number of rotatable bonds is 8. The third kappa shape index (κ3) is 5.70. The highest BCUT2D eigenvalue weighted by molar-refractivity contribution is 5.76. The number of benzene rings is 1. The van der Waals surface area contributed by atoms with E-state index in [1.165, 1.54) is 12.1 Å². The number of halogens is 1. The van der Waals surface area contributed by atoms with Gasteiger partial charge in [-0.25, -0.2) is 4.39 Å². The summed E-state index contributed by atoms with van der Waals surface area (Å²) in [7, 11) is 0. The molecule has 1 aromatic carbocycles. The van der Waals surface area contributed by atoms with Gasteiger partial charge in [0.2, 0.25) is 5.91 Å². The Kier molecular flexibility index (Phi) is 7.23. The van der Waals surface area contributed by atoms with Crippen molar-refractivity contribution in [3.63, 3.8) is 0 Å². The van der Waals surface area contributed by atoms with Crippen molar-refractivity contribution in [2.45, 2.75) is 52.1 Å². The van der Waals surface area contributed by atoms with Crippen LogP contribution in [0.3, 0.4) is 0 Å². The van der Waals surface area contributed by atoms with Gasteiger partial charge < -0.3 is 10.6 Å². The molecular weight excluding hydrogens is 255 g/mol. The lowest BCUT2D eigenvalue weighted by atomic mass is 10.0. The van der Waals surface area contributed by atoms with E-state index in [0.717, 1.165) is 18.4 Å². The summed E-state index contributed by atoms with van der Waals surface area (Å²) in [6.45, 7) is 6.74. The maximum absolute atomic E-state index is 12.9. The van der Waals surface area contributed by atoms with E-state index in [1.807, 2.05) is 13.8 Å². The third-order valence-electron chi connectivity index (χ3n) is 3.44. The maximum atomic E-state index is 12.9. The fraction of sp³-hybridized carbons (Fsp3) is 0.562. The molecule has 0 fully saturated rings. The fourth-order valence-electron chi connectivity index (χ4n) is 2.00. The Morgan fingerprint density at radius 2 is 1.85 bits per heavy atom. The SMILES string of the molecule is CCC(C)NC(=O)CCNC(CC)c1ccc(F)cc1. The van der Waals surface area contributed by atoms with Gasteiger partial charge in [-0.1, -0.05) is 26.0 Å². The molecule has 2 atom stereocenters. The van der Waals surface area contributed by atoms with Crippen LogP contribution in [0.5, 0.6) is 0 Å². The summed E-state index contributed by atoms with van der Waals surface area (Å²) >= 11 is 0. The molecular formula is C16H25FN2O. The van der Waals surface area contributed by atoms with Crippen molar-refractivity contribution < 1.29 is 9.18 Å². The zero-order valence-corrected chi connectivity index (χ0v) is 12.6. The highest BCUT2D eigenvalue weighted by Gasteiger charge is 2.10. The van der Waals surface area contributed by atoms with Crippen molar-refractivity contribution in [1.82, 2.24) is 10.6 Å². The van der Waals surface area contributed by atoms with Crippen LogP contribution in [-0.4, -0.2) is 18.5 Å². The predicted molar refractivity (Wildman–Crippen MR) is 79.9 cm³/mol. The number of carbonyl (C=O) groups excluding carboxylic acids is 1. The average molecular weight is 280 g/mol. The Hall–Kier alpha value is -1.42. The molecule has 2 N–H and O–H groups in total. The number of nitrogens with one attached hydrogen (secondary N) is 2. The Morgan fingerprint density at radius 3 is 2.40 bits per heavy atom. The first kappa shape index (κ1) is 16.6. The standard InChI is InChI=1S/C16H25FN2O/c1-4-12(3)19-16(20)10-11-18-15(5-2)13-6-8-14(17)9-7-13/h6-9,12,15,18H,4-5,10-11H2,1-3H3,(H,19,20). The van der Waals surface area contributed by atoms with Gasteiger partial charge in [0.25, 0.3) is 0 Å². The second-order valence-electron chi connectivity index (χ2n) is 5.09. The molecule has 4 heteroatoms. The Balaban J connectivity index is 2.38. The predicted octanol–water partition coefficient (Wildman–Crippen LogP) is 3.17. The average Bonchev–Trinajstić information content (AvgIpc) is 2.44. The summed E-state index contributed by atoms with van der Waals surface area (Å²) in [6, 6.07) is 6.89. The first-order valence-electron chi connectivity index (χ1n) is 7.35. The topological polar surface area (TPSA) is 41.1 Å². The smallest absolute Gasteiger partial charge is 0.221 e.